The summed E-state index contributed by atoms with van der Waals surface area (Å²) >= 11 is 0. The van der Waals surface area contributed by atoms with E-state index in [2.05, 4.69) is 0 Å². The Labute approximate surface area is 176 Å². The normalized spacial score (nSPS) is 16.3. The van der Waals surface area contributed by atoms with Crippen LogP contribution in [0, 0.1) is 11.7 Å². The number of hydrogen-bond acceptors (Lipinski definition) is 5. The van der Waals surface area contributed by atoms with Crippen LogP contribution in [-0.2, 0) is 21.2 Å². The number of sulfonamides is 1. The second kappa shape index (κ2) is 10.0. The van der Waals surface area contributed by atoms with Crippen molar-refractivity contribution < 1.29 is 22.8 Å². The number of nitrogens with zero attached hydrogens (tertiary/aromatic N) is 2. The van der Waals surface area contributed by atoms with Gasteiger partial charge in [-0.1, -0.05) is 30.3 Å². The van der Waals surface area contributed by atoms with E-state index in [4.69, 9.17) is 5.21 Å². The van der Waals surface area contributed by atoms with Crippen LogP contribution in [-0.4, -0.2) is 55.8 Å². The maximum absolute atomic E-state index is 13.1. The number of benzene rings is 2. The van der Waals surface area contributed by atoms with E-state index in [0.29, 0.717) is 25.9 Å². The van der Waals surface area contributed by atoms with Crippen LogP contribution in [0.5, 0.6) is 0 Å². The lowest BCUT2D eigenvalue weighted by Gasteiger charge is -2.35. The summed E-state index contributed by atoms with van der Waals surface area (Å²) in [6.07, 6.45) is 0.845. The van der Waals surface area contributed by atoms with Crippen LogP contribution in [0.2, 0.25) is 0 Å². The second-order valence-electron chi connectivity index (χ2n) is 7.34. The minimum absolute atomic E-state index is 0.284. The molecule has 1 aliphatic rings. The number of amides is 1. The van der Waals surface area contributed by atoms with Gasteiger partial charge in [0.05, 0.1) is 11.7 Å². The fourth-order valence-electron chi connectivity index (χ4n) is 3.60. The number of hydroxylamine groups is 1. The van der Waals surface area contributed by atoms with Gasteiger partial charge in [0.15, 0.2) is 0 Å². The topological polar surface area (TPSA) is 89.9 Å². The summed E-state index contributed by atoms with van der Waals surface area (Å²) in [5.41, 5.74) is 3.44. The highest BCUT2D eigenvalue weighted by molar-refractivity contribution is 7.89. The molecule has 7 nitrogen and oxygen atoms in total. The molecule has 1 atom stereocenters. The molecule has 2 aromatic carbocycles. The minimum atomic E-state index is -3.68. The molecular formula is C21H26FN3O4S. The van der Waals surface area contributed by atoms with Crippen molar-refractivity contribution in [2.75, 3.05) is 36.8 Å². The Kier molecular flexibility index (Phi) is 7.41. The van der Waals surface area contributed by atoms with Gasteiger partial charge in [0.25, 0.3) is 0 Å². The summed E-state index contributed by atoms with van der Waals surface area (Å²) < 4.78 is 40.3. The van der Waals surface area contributed by atoms with Crippen molar-refractivity contribution >= 4 is 21.6 Å². The maximum atomic E-state index is 13.1. The van der Waals surface area contributed by atoms with Crippen LogP contribution in [0.1, 0.15) is 12.0 Å². The van der Waals surface area contributed by atoms with E-state index in [1.807, 2.05) is 35.2 Å². The van der Waals surface area contributed by atoms with E-state index >= 15 is 0 Å². The molecule has 0 aromatic heterocycles. The van der Waals surface area contributed by atoms with Gasteiger partial charge in [-0.15, -0.1) is 0 Å². The number of carbonyl (C=O) groups is 1. The molecule has 1 saturated heterocycles. The molecule has 1 amide bonds. The maximum Gasteiger partial charge on any atom is 0.247 e. The van der Waals surface area contributed by atoms with E-state index in [0.717, 1.165) is 11.3 Å². The average Bonchev–Trinajstić information content (AvgIpc) is 2.77. The minimum Gasteiger partial charge on any atom is -0.369 e. The fraction of sp³-hybridized carbons (Fsp3) is 0.381. The molecule has 1 unspecified atom stereocenters. The number of piperazine rings is 1. The number of nitrogens with one attached hydrogen (secondary N) is 1. The van der Waals surface area contributed by atoms with Gasteiger partial charge in [-0.2, -0.15) is 4.31 Å². The molecule has 0 aliphatic carbocycles. The van der Waals surface area contributed by atoms with Gasteiger partial charge in [0, 0.05) is 31.9 Å². The first-order valence-corrected chi connectivity index (χ1v) is 11.5. The first-order chi connectivity index (χ1) is 14.4. The number of anilines is 1. The van der Waals surface area contributed by atoms with E-state index < -0.39 is 21.8 Å². The van der Waals surface area contributed by atoms with E-state index in [1.165, 1.54) is 16.4 Å². The average molecular weight is 436 g/mol. The van der Waals surface area contributed by atoms with Crippen LogP contribution in [0.3, 0.4) is 0 Å². The van der Waals surface area contributed by atoms with Crippen LogP contribution in [0.4, 0.5) is 10.1 Å². The molecule has 1 heterocycles. The Hall–Kier alpha value is -2.49. The zero-order valence-electron chi connectivity index (χ0n) is 16.6. The highest BCUT2D eigenvalue weighted by Gasteiger charge is 2.32. The highest BCUT2D eigenvalue weighted by Crippen LogP contribution is 2.20. The van der Waals surface area contributed by atoms with Crippen LogP contribution in [0.15, 0.2) is 54.6 Å². The van der Waals surface area contributed by atoms with Gasteiger partial charge in [-0.3, -0.25) is 10.0 Å². The summed E-state index contributed by atoms with van der Waals surface area (Å²) in [6, 6.07) is 15.6. The molecule has 30 heavy (non-hydrogen) atoms. The summed E-state index contributed by atoms with van der Waals surface area (Å²) in [7, 11) is -3.68. The Balaban J connectivity index is 1.60. The van der Waals surface area contributed by atoms with Crippen molar-refractivity contribution in [3.05, 3.63) is 66.0 Å². The SMILES string of the molecule is O=C(NO)C(CCc1ccccc1)CS(=O)(=O)N1CCN(c2ccc(F)cc2)CC1. The lowest BCUT2D eigenvalue weighted by Crippen LogP contribution is -2.50. The van der Waals surface area contributed by atoms with Gasteiger partial charge in [0.1, 0.15) is 5.82 Å². The second-order valence-corrected chi connectivity index (χ2v) is 9.35. The molecule has 9 heteroatoms. The molecule has 0 bridgehead atoms. The quantitative estimate of drug-likeness (QED) is 0.489. The molecule has 162 valence electrons. The Morgan fingerprint density at radius 1 is 1.03 bits per heavy atom. The summed E-state index contributed by atoms with van der Waals surface area (Å²) in [4.78, 5) is 14.1. The molecular weight excluding hydrogens is 409 g/mol. The number of hydrogen-bond donors (Lipinski definition) is 2. The zero-order valence-corrected chi connectivity index (χ0v) is 17.4. The van der Waals surface area contributed by atoms with Gasteiger partial charge >= 0.3 is 0 Å². The zero-order chi connectivity index (χ0) is 21.6. The summed E-state index contributed by atoms with van der Waals surface area (Å²) in [5, 5.41) is 9.05. The van der Waals surface area contributed by atoms with E-state index in [-0.39, 0.29) is 24.7 Å². The van der Waals surface area contributed by atoms with E-state index in [1.54, 1.807) is 17.6 Å². The van der Waals surface area contributed by atoms with Crippen molar-refractivity contribution in [3.63, 3.8) is 0 Å². The fourth-order valence-corrected chi connectivity index (χ4v) is 5.36. The number of carbonyl (C=O) groups excluding carboxylic acids is 1. The molecule has 0 saturated carbocycles. The summed E-state index contributed by atoms with van der Waals surface area (Å²) in [6.45, 7) is 1.52. The largest absolute Gasteiger partial charge is 0.369 e. The molecule has 0 radical (unpaired) electrons. The van der Waals surface area contributed by atoms with Gasteiger partial charge < -0.3 is 4.90 Å². The predicted molar refractivity (Wildman–Crippen MR) is 112 cm³/mol. The van der Waals surface area contributed by atoms with Crippen molar-refractivity contribution in [3.8, 4) is 0 Å². The van der Waals surface area contributed by atoms with Gasteiger partial charge in [-0.25, -0.2) is 18.3 Å². The monoisotopic (exact) mass is 435 g/mol. The molecule has 2 aromatic rings. The van der Waals surface area contributed by atoms with Crippen molar-refractivity contribution in [1.29, 1.82) is 0 Å². The number of aryl methyl sites for hydroxylation is 1. The Morgan fingerprint density at radius 3 is 2.27 bits per heavy atom. The summed E-state index contributed by atoms with van der Waals surface area (Å²) in [5.74, 6) is -2.22. The third-order valence-electron chi connectivity index (χ3n) is 5.34. The number of rotatable bonds is 8. The molecule has 1 aliphatic heterocycles. The van der Waals surface area contributed by atoms with Crippen molar-refractivity contribution in [1.82, 2.24) is 9.79 Å². The standard InChI is InChI=1S/C21H26FN3O4S/c22-19-8-10-20(11-9-19)24-12-14-25(15-13-24)30(28,29)16-18(21(26)23-27)7-6-17-4-2-1-3-5-17/h1-5,8-11,18,27H,6-7,12-16H2,(H,23,26). The van der Waals surface area contributed by atoms with Crippen molar-refractivity contribution in [2.24, 2.45) is 5.92 Å². The van der Waals surface area contributed by atoms with E-state index in [9.17, 15) is 17.6 Å². The Bertz CT molecular complexity index is 930. The number of halogens is 1. The molecule has 3 rings (SSSR count). The molecule has 0 spiro atoms. The lowest BCUT2D eigenvalue weighted by atomic mass is 10.0. The van der Waals surface area contributed by atoms with Gasteiger partial charge in [-0.05, 0) is 42.7 Å². The third kappa shape index (κ3) is 5.78. The smallest absolute Gasteiger partial charge is 0.247 e. The third-order valence-corrected chi connectivity index (χ3v) is 7.32. The highest BCUT2D eigenvalue weighted by atomic mass is 32.2. The molecule has 1 fully saturated rings. The van der Waals surface area contributed by atoms with Crippen LogP contribution < -0.4 is 10.4 Å². The first-order valence-electron chi connectivity index (χ1n) is 9.85. The van der Waals surface area contributed by atoms with Gasteiger partial charge in [0.2, 0.25) is 15.9 Å². The predicted octanol–water partition coefficient (Wildman–Crippen LogP) is 2.03. The van der Waals surface area contributed by atoms with Crippen molar-refractivity contribution in [2.45, 2.75) is 12.8 Å². The Morgan fingerprint density at radius 2 is 1.67 bits per heavy atom. The first kappa shape index (κ1) is 22.2. The van der Waals surface area contributed by atoms with Crippen LogP contribution in [0.25, 0.3) is 0 Å². The molecule has 2 N–H and O–H groups in total. The van der Waals surface area contributed by atoms with Crippen LogP contribution >= 0.6 is 0 Å². The lowest BCUT2D eigenvalue weighted by molar-refractivity contribution is -0.132.